The normalized spacial score (nSPS) is 23.6. The van der Waals surface area contributed by atoms with Crippen LogP contribution >= 0.6 is 0 Å². The molecule has 1 amide bonds. The Labute approximate surface area is 124 Å². The van der Waals surface area contributed by atoms with E-state index in [0.29, 0.717) is 18.3 Å². The molecule has 1 N–H and O–H groups in total. The van der Waals surface area contributed by atoms with E-state index < -0.39 is 0 Å². The summed E-state index contributed by atoms with van der Waals surface area (Å²) in [5.41, 5.74) is 0. The number of hydrogen-bond donors (Lipinski definition) is 1. The molecule has 2 unspecified atom stereocenters. The summed E-state index contributed by atoms with van der Waals surface area (Å²) in [5.74, 6) is 2.46. The molecule has 3 nitrogen and oxygen atoms in total. The number of likely N-dealkylation sites (tertiary alicyclic amines) is 1. The molecular formula is C17H33NO2. The van der Waals surface area contributed by atoms with Gasteiger partial charge in [-0.1, -0.05) is 34.1 Å². The van der Waals surface area contributed by atoms with E-state index >= 15 is 0 Å². The summed E-state index contributed by atoms with van der Waals surface area (Å²) in [4.78, 5) is 14.2. The second-order valence-electron chi connectivity index (χ2n) is 7.23. The van der Waals surface area contributed by atoms with Gasteiger partial charge < -0.3 is 10.0 Å². The van der Waals surface area contributed by atoms with Crippen molar-refractivity contribution in [1.82, 2.24) is 4.90 Å². The summed E-state index contributed by atoms with van der Waals surface area (Å²) in [5, 5.41) is 9.61. The van der Waals surface area contributed by atoms with Crippen molar-refractivity contribution in [2.45, 2.75) is 59.8 Å². The molecule has 1 aliphatic rings. The molecule has 0 aliphatic carbocycles. The lowest BCUT2D eigenvalue weighted by atomic mass is 9.81. The molecule has 118 valence electrons. The number of aliphatic hydroxyl groups excluding tert-OH is 1. The number of carbonyl (C=O) groups is 1. The summed E-state index contributed by atoms with van der Waals surface area (Å²) in [6.45, 7) is 10.7. The van der Waals surface area contributed by atoms with Crippen LogP contribution in [-0.4, -0.2) is 35.6 Å². The van der Waals surface area contributed by atoms with Crippen molar-refractivity contribution >= 4 is 5.91 Å². The Balaban J connectivity index is 2.43. The van der Waals surface area contributed by atoms with Gasteiger partial charge in [-0.15, -0.1) is 0 Å². The molecule has 1 heterocycles. The zero-order valence-corrected chi connectivity index (χ0v) is 13.8. The van der Waals surface area contributed by atoms with Crippen LogP contribution in [0, 0.1) is 23.7 Å². The SMILES string of the molecule is CC(C)CCC(=O)N1CCC(CCC(C)C)C(CO)C1. The lowest BCUT2D eigenvalue weighted by molar-refractivity contribution is -0.134. The summed E-state index contributed by atoms with van der Waals surface area (Å²) in [6, 6.07) is 0. The standard InChI is InChI=1S/C17H33NO2/c1-13(2)5-7-15-9-10-18(11-16(15)12-19)17(20)8-6-14(3)4/h13-16,19H,5-12H2,1-4H3. The molecular weight excluding hydrogens is 250 g/mol. The van der Waals surface area contributed by atoms with Gasteiger partial charge in [-0.3, -0.25) is 4.79 Å². The Morgan fingerprint density at radius 2 is 1.80 bits per heavy atom. The number of piperidine rings is 1. The fourth-order valence-corrected chi connectivity index (χ4v) is 3.01. The molecule has 20 heavy (non-hydrogen) atoms. The van der Waals surface area contributed by atoms with E-state index in [2.05, 4.69) is 27.7 Å². The summed E-state index contributed by atoms with van der Waals surface area (Å²) in [6.07, 6.45) is 5.10. The van der Waals surface area contributed by atoms with Crippen LogP contribution in [0.15, 0.2) is 0 Å². The quantitative estimate of drug-likeness (QED) is 0.778. The number of hydrogen-bond acceptors (Lipinski definition) is 2. The Hall–Kier alpha value is -0.570. The molecule has 1 rings (SSSR count). The van der Waals surface area contributed by atoms with E-state index in [9.17, 15) is 9.90 Å². The predicted molar refractivity (Wildman–Crippen MR) is 83.4 cm³/mol. The molecule has 0 spiro atoms. The number of amides is 1. The van der Waals surface area contributed by atoms with E-state index in [0.717, 1.165) is 31.8 Å². The first-order valence-electron chi connectivity index (χ1n) is 8.32. The zero-order valence-electron chi connectivity index (χ0n) is 13.8. The van der Waals surface area contributed by atoms with E-state index in [-0.39, 0.29) is 18.4 Å². The maximum Gasteiger partial charge on any atom is 0.222 e. The van der Waals surface area contributed by atoms with Crippen LogP contribution in [-0.2, 0) is 4.79 Å². The van der Waals surface area contributed by atoms with E-state index in [4.69, 9.17) is 0 Å². The van der Waals surface area contributed by atoms with Crippen LogP contribution in [0.25, 0.3) is 0 Å². The highest BCUT2D eigenvalue weighted by molar-refractivity contribution is 5.76. The van der Waals surface area contributed by atoms with E-state index in [1.807, 2.05) is 4.90 Å². The molecule has 2 atom stereocenters. The Morgan fingerprint density at radius 1 is 1.15 bits per heavy atom. The molecule has 3 heteroatoms. The molecule has 0 aromatic heterocycles. The van der Waals surface area contributed by atoms with Crippen molar-refractivity contribution in [3.05, 3.63) is 0 Å². The lowest BCUT2D eigenvalue weighted by Gasteiger charge is -2.38. The number of carbonyl (C=O) groups excluding carboxylic acids is 1. The maximum absolute atomic E-state index is 12.2. The Kier molecular flexibility index (Phi) is 7.57. The van der Waals surface area contributed by atoms with Gasteiger partial charge in [0, 0.05) is 32.0 Å². The minimum absolute atomic E-state index is 0.219. The molecule has 0 radical (unpaired) electrons. The second kappa shape index (κ2) is 8.66. The predicted octanol–water partition coefficient (Wildman–Crippen LogP) is 3.32. The molecule has 0 aromatic carbocycles. The Bertz CT molecular complexity index is 289. The second-order valence-corrected chi connectivity index (χ2v) is 7.23. The summed E-state index contributed by atoms with van der Waals surface area (Å²) < 4.78 is 0. The van der Waals surface area contributed by atoms with Crippen molar-refractivity contribution < 1.29 is 9.90 Å². The van der Waals surface area contributed by atoms with Gasteiger partial charge in [-0.2, -0.15) is 0 Å². The van der Waals surface area contributed by atoms with Crippen molar-refractivity contribution in [3.63, 3.8) is 0 Å². The number of aliphatic hydroxyl groups is 1. The summed E-state index contributed by atoms with van der Waals surface area (Å²) in [7, 11) is 0. The molecule has 0 saturated carbocycles. The first-order chi connectivity index (χ1) is 9.43. The largest absolute Gasteiger partial charge is 0.396 e. The third-order valence-electron chi connectivity index (χ3n) is 4.53. The minimum Gasteiger partial charge on any atom is -0.396 e. The highest BCUT2D eigenvalue weighted by Crippen LogP contribution is 2.29. The third kappa shape index (κ3) is 5.82. The van der Waals surface area contributed by atoms with E-state index in [1.54, 1.807) is 0 Å². The number of nitrogens with zero attached hydrogens (tertiary/aromatic N) is 1. The first kappa shape index (κ1) is 17.5. The molecule has 1 saturated heterocycles. The van der Waals surface area contributed by atoms with Crippen molar-refractivity contribution in [2.24, 2.45) is 23.7 Å². The van der Waals surface area contributed by atoms with Gasteiger partial charge in [0.2, 0.25) is 5.91 Å². The van der Waals surface area contributed by atoms with Crippen molar-refractivity contribution in [1.29, 1.82) is 0 Å². The van der Waals surface area contributed by atoms with Crippen LogP contribution in [0.2, 0.25) is 0 Å². The average Bonchev–Trinajstić information content (AvgIpc) is 2.42. The third-order valence-corrected chi connectivity index (χ3v) is 4.53. The van der Waals surface area contributed by atoms with Crippen LogP contribution in [0.4, 0.5) is 0 Å². The smallest absolute Gasteiger partial charge is 0.222 e. The highest BCUT2D eigenvalue weighted by atomic mass is 16.3. The summed E-state index contributed by atoms with van der Waals surface area (Å²) >= 11 is 0. The van der Waals surface area contributed by atoms with Crippen molar-refractivity contribution in [3.8, 4) is 0 Å². The average molecular weight is 283 g/mol. The number of rotatable bonds is 7. The van der Waals surface area contributed by atoms with Crippen LogP contribution in [0.1, 0.15) is 59.8 Å². The van der Waals surface area contributed by atoms with Gasteiger partial charge in [0.1, 0.15) is 0 Å². The van der Waals surface area contributed by atoms with Crippen LogP contribution < -0.4 is 0 Å². The molecule has 0 aromatic rings. The monoisotopic (exact) mass is 283 g/mol. The first-order valence-corrected chi connectivity index (χ1v) is 8.32. The molecule has 0 bridgehead atoms. The van der Waals surface area contributed by atoms with E-state index in [1.165, 1.54) is 12.8 Å². The van der Waals surface area contributed by atoms with Gasteiger partial charge in [0.15, 0.2) is 0 Å². The van der Waals surface area contributed by atoms with Gasteiger partial charge in [-0.25, -0.2) is 0 Å². The Morgan fingerprint density at radius 3 is 2.35 bits per heavy atom. The zero-order chi connectivity index (χ0) is 15.1. The fraction of sp³-hybridized carbons (Fsp3) is 0.941. The molecule has 1 fully saturated rings. The minimum atomic E-state index is 0.219. The van der Waals surface area contributed by atoms with Gasteiger partial charge in [-0.05, 0) is 37.0 Å². The maximum atomic E-state index is 12.2. The van der Waals surface area contributed by atoms with Gasteiger partial charge in [0.05, 0.1) is 0 Å². The fourth-order valence-electron chi connectivity index (χ4n) is 3.01. The van der Waals surface area contributed by atoms with Crippen molar-refractivity contribution in [2.75, 3.05) is 19.7 Å². The van der Waals surface area contributed by atoms with Gasteiger partial charge >= 0.3 is 0 Å². The lowest BCUT2D eigenvalue weighted by Crippen LogP contribution is -2.45. The van der Waals surface area contributed by atoms with Crippen LogP contribution in [0.5, 0.6) is 0 Å². The topological polar surface area (TPSA) is 40.5 Å². The molecule has 1 aliphatic heterocycles. The van der Waals surface area contributed by atoms with Gasteiger partial charge in [0.25, 0.3) is 0 Å². The van der Waals surface area contributed by atoms with Crippen LogP contribution in [0.3, 0.4) is 0 Å². The highest BCUT2D eigenvalue weighted by Gasteiger charge is 2.30.